The fraction of sp³-hybridized carbons (Fsp3) is 0.500. The van der Waals surface area contributed by atoms with E-state index in [4.69, 9.17) is 15.2 Å². The largest absolute Gasteiger partial charge is 0.493 e. The van der Waals surface area contributed by atoms with Crippen molar-refractivity contribution in [2.75, 3.05) is 26.8 Å². The summed E-state index contributed by atoms with van der Waals surface area (Å²) in [5, 5.41) is 0. The van der Waals surface area contributed by atoms with E-state index in [1.54, 1.807) is 31.4 Å². The summed E-state index contributed by atoms with van der Waals surface area (Å²) in [5.41, 5.74) is 6.61. The van der Waals surface area contributed by atoms with Crippen molar-refractivity contribution in [3.63, 3.8) is 0 Å². The van der Waals surface area contributed by atoms with Gasteiger partial charge in [-0.2, -0.15) is 0 Å². The van der Waals surface area contributed by atoms with E-state index in [1.807, 2.05) is 11.8 Å². The monoisotopic (exact) mass is 318 g/mol. The molecule has 1 aliphatic heterocycles. The molecule has 1 aliphatic rings. The van der Waals surface area contributed by atoms with Crippen LogP contribution in [0.25, 0.3) is 0 Å². The minimum atomic E-state index is 0.0175. The highest BCUT2D eigenvalue weighted by Crippen LogP contribution is 2.29. The van der Waals surface area contributed by atoms with Gasteiger partial charge in [0, 0.05) is 24.7 Å². The van der Waals surface area contributed by atoms with E-state index in [2.05, 4.69) is 6.58 Å². The zero-order valence-electron chi connectivity index (χ0n) is 14.0. The third-order valence-electron chi connectivity index (χ3n) is 4.26. The molecular formula is C18H26N2O3. The molecule has 0 aliphatic carbocycles. The van der Waals surface area contributed by atoms with Crippen LogP contribution < -0.4 is 15.2 Å². The second-order valence-electron chi connectivity index (χ2n) is 5.98. The van der Waals surface area contributed by atoms with Gasteiger partial charge in [0.1, 0.15) is 6.61 Å². The first-order chi connectivity index (χ1) is 11.1. The van der Waals surface area contributed by atoms with Gasteiger partial charge in [-0.15, -0.1) is 0 Å². The summed E-state index contributed by atoms with van der Waals surface area (Å²) in [6, 6.07) is 5.38. The molecule has 2 N–H and O–H groups in total. The number of piperidine rings is 1. The normalized spacial score (nSPS) is 19.1. The van der Waals surface area contributed by atoms with Crippen LogP contribution in [0.15, 0.2) is 30.9 Å². The van der Waals surface area contributed by atoms with Crippen molar-refractivity contribution in [1.29, 1.82) is 0 Å². The van der Waals surface area contributed by atoms with Crippen LogP contribution in [0.3, 0.4) is 0 Å². The van der Waals surface area contributed by atoms with Gasteiger partial charge in [0.2, 0.25) is 0 Å². The number of amides is 1. The molecule has 1 fully saturated rings. The molecule has 1 saturated heterocycles. The standard InChI is InChI=1S/C18H26N2O3/c1-4-10-23-16-8-7-14(11-17(16)22-3)18(21)20-9-5-6-15(12-20)13(2)19/h4,7-8,11,13,15H,1,5-6,9-10,12,19H2,2-3H3. The predicted octanol–water partition coefficient (Wildman–Crippen LogP) is 2.46. The van der Waals surface area contributed by atoms with Gasteiger partial charge in [-0.1, -0.05) is 12.7 Å². The average molecular weight is 318 g/mol. The van der Waals surface area contributed by atoms with Crippen molar-refractivity contribution in [2.45, 2.75) is 25.8 Å². The Kier molecular flexibility index (Phi) is 6.04. The van der Waals surface area contributed by atoms with Crippen molar-refractivity contribution in [3.8, 4) is 11.5 Å². The number of hydrogen-bond acceptors (Lipinski definition) is 4. The third kappa shape index (κ3) is 4.26. The van der Waals surface area contributed by atoms with E-state index in [0.29, 0.717) is 36.1 Å². The number of hydrogen-bond donors (Lipinski definition) is 1. The molecule has 1 aromatic rings. The molecule has 2 atom stereocenters. The Morgan fingerprint density at radius 2 is 2.30 bits per heavy atom. The van der Waals surface area contributed by atoms with Gasteiger partial charge >= 0.3 is 0 Å². The number of carbonyl (C=O) groups excluding carboxylic acids is 1. The van der Waals surface area contributed by atoms with Crippen LogP contribution >= 0.6 is 0 Å². The molecule has 2 unspecified atom stereocenters. The van der Waals surface area contributed by atoms with Crippen molar-refractivity contribution in [3.05, 3.63) is 36.4 Å². The summed E-state index contributed by atoms with van der Waals surface area (Å²) in [6.07, 6.45) is 3.75. The van der Waals surface area contributed by atoms with Crippen LogP contribution in [0.5, 0.6) is 11.5 Å². The number of benzene rings is 1. The molecule has 5 nitrogen and oxygen atoms in total. The maximum absolute atomic E-state index is 12.7. The van der Waals surface area contributed by atoms with Gasteiger partial charge in [0.25, 0.3) is 5.91 Å². The Bertz CT molecular complexity index is 557. The highest BCUT2D eigenvalue weighted by Gasteiger charge is 2.26. The molecule has 0 spiro atoms. The van der Waals surface area contributed by atoms with E-state index in [0.717, 1.165) is 19.4 Å². The van der Waals surface area contributed by atoms with Crippen molar-refractivity contribution in [2.24, 2.45) is 11.7 Å². The Hall–Kier alpha value is -2.01. The maximum atomic E-state index is 12.7. The van der Waals surface area contributed by atoms with Gasteiger partial charge in [0.05, 0.1) is 7.11 Å². The predicted molar refractivity (Wildman–Crippen MR) is 91.0 cm³/mol. The van der Waals surface area contributed by atoms with E-state index in [9.17, 15) is 4.79 Å². The van der Waals surface area contributed by atoms with Crippen molar-refractivity contribution >= 4 is 5.91 Å². The van der Waals surface area contributed by atoms with Gasteiger partial charge in [0.15, 0.2) is 11.5 Å². The molecule has 126 valence electrons. The molecule has 0 radical (unpaired) electrons. The fourth-order valence-corrected chi connectivity index (χ4v) is 2.87. The molecule has 1 heterocycles. The lowest BCUT2D eigenvalue weighted by molar-refractivity contribution is 0.0660. The summed E-state index contributed by atoms with van der Waals surface area (Å²) in [5.74, 6) is 1.54. The Morgan fingerprint density at radius 3 is 2.96 bits per heavy atom. The Balaban J connectivity index is 2.14. The van der Waals surface area contributed by atoms with Gasteiger partial charge in [-0.05, 0) is 43.9 Å². The summed E-state index contributed by atoms with van der Waals surface area (Å²) in [4.78, 5) is 14.6. The van der Waals surface area contributed by atoms with Crippen LogP contribution in [-0.2, 0) is 0 Å². The first-order valence-electron chi connectivity index (χ1n) is 8.03. The van der Waals surface area contributed by atoms with E-state index >= 15 is 0 Å². The second kappa shape index (κ2) is 8.02. The lowest BCUT2D eigenvalue weighted by Crippen LogP contribution is -2.45. The minimum Gasteiger partial charge on any atom is -0.493 e. The highest BCUT2D eigenvalue weighted by molar-refractivity contribution is 5.95. The molecule has 5 heteroatoms. The first kappa shape index (κ1) is 17.3. The maximum Gasteiger partial charge on any atom is 0.254 e. The zero-order chi connectivity index (χ0) is 16.8. The van der Waals surface area contributed by atoms with Crippen LogP contribution in [0, 0.1) is 5.92 Å². The van der Waals surface area contributed by atoms with E-state index in [-0.39, 0.29) is 11.9 Å². The lowest BCUT2D eigenvalue weighted by atomic mass is 9.92. The number of nitrogens with zero attached hydrogens (tertiary/aromatic N) is 1. The minimum absolute atomic E-state index is 0.0175. The van der Waals surface area contributed by atoms with Crippen LogP contribution in [0.4, 0.5) is 0 Å². The van der Waals surface area contributed by atoms with E-state index in [1.165, 1.54) is 0 Å². The van der Waals surface area contributed by atoms with Crippen molar-refractivity contribution in [1.82, 2.24) is 4.90 Å². The topological polar surface area (TPSA) is 64.8 Å². The quantitative estimate of drug-likeness (QED) is 0.818. The summed E-state index contributed by atoms with van der Waals surface area (Å²) >= 11 is 0. The Labute approximate surface area is 138 Å². The zero-order valence-corrected chi connectivity index (χ0v) is 14.0. The number of rotatable bonds is 6. The van der Waals surface area contributed by atoms with Crippen LogP contribution in [0.1, 0.15) is 30.1 Å². The first-order valence-corrected chi connectivity index (χ1v) is 8.03. The Morgan fingerprint density at radius 1 is 1.52 bits per heavy atom. The lowest BCUT2D eigenvalue weighted by Gasteiger charge is -2.34. The number of methoxy groups -OCH3 is 1. The smallest absolute Gasteiger partial charge is 0.254 e. The van der Waals surface area contributed by atoms with Gasteiger partial charge in [-0.25, -0.2) is 0 Å². The number of nitrogens with two attached hydrogens (primary N) is 1. The van der Waals surface area contributed by atoms with E-state index < -0.39 is 0 Å². The summed E-state index contributed by atoms with van der Waals surface area (Å²) < 4.78 is 10.9. The average Bonchev–Trinajstić information content (AvgIpc) is 2.59. The molecule has 23 heavy (non-hydrogen) atoms. The van der Waals surface area contributed by atoms with Gasteiger partial charge in [-0.3, -0.25) is 4.79 Å². The summed E-state index contributed by atoms with van der Waals surface area (Å²) in [7, 11) is 1.57. The van der Waals surface area contributed by atoms with Crippen molar-refractivity contribution < 1.29 is 14.3 Å². The highest BCUT2D eigenvalue weighted by atomic mass is 16.5. The van der Waals surface area contributed by atoms with Crippen LogP contribution in [-0.4, -0.2) is 43.7 Å². The summed E-state index contributed by atoms with van der Waals surface area (Å²) in [6.45, 7) is 7.52. The SMILES string of the molecule is C=CCOc1ccc(C(=O)N2CCCC(C(C)N)C2)cc1OC. The molecule has 1 aromatic carbocycles. The number of ether oxygens (including phenoxy) is 2. The molecule has 0 aromatic heterocycles. The molecule has 2 rings (SSSR count). The van der Waals surface area contributed by atoms with Gasteiger partial charge < -0.3 is 20.1 Å². The fourth-order valence-electron chi connectivity index (χ4n) is 2.87. The molecule has 0 bridgehead atoms. The molecule has 1 amide bonds. The number of likely N-dealkylation sites (tertiary alicyclic amines) is 1. The molecular weight excluding hydrogens is 292 g/mol. The van der Waals surface area contributed by atoms with Crippen LogP contribution in [0.2, 0.25) is 0 Å². The second-order valence-corrected chi connectivity index (χ2v) is 5.98. The number of carbonyl (C=O) groups is 1. The third-order valence-corrected chi connectivity index (χ3v) is 4.26. The molecule has 0 saturated carbocycles.